The summed E-state index contributed by atoms with van der Waals surface area (Å²) >= 11 is 0. The van der Waals surface area contributed by atoms with E-state index in [1.54, 1.807) is 4.90 Å². The Hall–Kier alpha value is -2.62. The number of rotatable bonds is 8. The number of nitrogens with one attached hydrogen (secondary N) is 1. The zero-order valence-electron chi connectivity index (χ0n) is 16.7. The Balaban J connectivity index is 2.26. The van der Waals surface area contributed by atoms with E-state index < -0.39 is 6.04 Å². The average Bonchev–Trinajstić information content (AvgIpc) is 2.63. The SMILES string of the molecule is CC[C@H](C(=O)NC(C)C)N(Cc1ccc(C)cc1)C(=O)Cc1ccccc1. The largest absolute Gasteiger partial charge is 0.352 e. The van der Waals surface area contributed by atoms with Gasteiger partial charge in [-0.1, -0.05) is 67.1 Å². The molecule has 0 saturated heterocycles. The molecule has 27 heavy (non-hydrogen) atoms. The van der Waals surface area contributed by atoms with Gasteiger partial charge in [-0.15, -0.1) is 0 Å². The molecule has 2 aromatic carbocycles. The summed E-state index contributed by atoms with van der Waals surface area (Å²) in [6, 6.07) is 17.3. The second-order valence-corrected chi connectivity index (χ2v) is 7.26. The molecule has 0 spiro atoms. The van der Waals surface area contributed by atoms with Crippen molar-refractivity contribution in [3.63, 3.8) is 0 Å². The van der Waals surface area contributed by atoms with Crippen LogP contribution in [-0.2, 0) is 22.6 Å². The van der Waals surface area contributed by atoms with E-state index in [4.69, 9.17) is 0 Å². The van der Waals surface area contributed by atoms with Gasteiger partial charge in [0, 0.05) is 12.6 Å². The van der Waals surface area contributed by atoms with E-state index in [1.165, 1.54) is 5.56 Å². The maximum atomic E-state index is 13.1. The summed E-state index contributed by atoms with van der Waals surface area (Å²) in [4.78, 5) is 27.6. The Morgan fingerprint density at radius 1 is 0.963 bits per heavy atom. The van der Waals surface area contributed by atoms with Crippen LogP contribution in [0.25, 0.3) is 0 Å². The first-order chi connectivity index (χ1) is 12.9. The van der Waals surface area contributed by atoms with Crippen LogP contribution >= 0.6 is 0 Å². The fourth-order valence-corrected chi connectivity index (χ4v) is 3.06. The molecule has 0 heterocycles. The van der Waals surface area contributed by atoms with E-state index in [9.17, 15) is 9.59 Å². The first kappa shape index (κ1) is 20.7. The summed E-state index contributed by atoms with van der Waals surface area (Å²) in [5, 5.41) is 2.96. The number of hydrogen-bond donors (Lipinski definition) is 1. The zero-order chi connectivity index (χ0) is 19.8. The first-order valence-corrected chi connectivity index (χ1v) is 9.60. The van der Waals surface area contributed by atoms with Crippen LogP contribution in [0.1, 0.15) is 43.9 Å². The van der Waals surface area contributed by atoms with Crippen molar-refractivity contribution >= 4 is 11.8 Å². The summed E-state index contributed by atoms with van der Waals surface area (Å²) in [7, 11) is 0. The quantitative estimate of drug-likeness (QED) is 0.771. The van der Waals surface area contributed by atoms with E-state index in [1.807, 2.05) is 82.3 Å². The van der Waals surface area contributed by atoms with Gasteiger partial charge in [0.2, 0.25) is 11.8 Å². The van der Waals surface area contributed by atoms with Crippen molar-refractivity contribution in [1.82, 2.24) is 10.2 Å². The van der Waals surface area contributed by atoms with Crippen LogP contribution in [0.5, 0.6) is 0 Å². The monoisotopic (exact) mass is 366 g/mol. The van der Waals surface area contributed by atoms with Crippen molar-refractivity contribution in [2.75, 3.05) is 0 Å². The molecule has 0 unspecified atom stereocenters. The normalized spacial score (nSPS) is 11.9. The van der Waals surface area contributed by atoms with Crippen LogP contribution in [-0.4, -0.2) is 28.8 Å². The minimum absolute atomic E-state index is 0.0347. The Labute approximate surface area is 162 Å². The zero-order valence-corrected chi connectivity index (χ0v) is 16.7. The second kappa shape index (κ2) is 9.91. The molecule has 0 radical (unpaired) electrons. The fourth-order valence-electron chi connectivity index (χ4n) is 3.06. The van der Waals surface area contributed by atoms with Gasteiger partial charge < -0.3 is 10.2 Å². The highest BCUT2D eigenvalue weighted by atomic mass is 16.2. The average molecular weight is 367 g/mol. The van der Waals surface area contributed by atoms with E-state index in [-0.39, 0.29) is 24.3 Å². The van der Waals surface area contributed by atoms with Crippen LogP contribution in [0, 0.1) is 6.92 Å². The number of aryl methyl sites for hydroxylation is 1. The number of carbonyl (C=O) groups excluding carboxylic acids is 2. The van der Waals surface area contributed by atoms with Crippen LogP contribution in [0.2, 0.25) is 0 Å². The van der Waals surface area contributed by atoms with E-state index >= 15 is 0 Å². The van der Waals surface area contributed by atoms with Crippen LogP contribution in [0.3, 0.4) is 0 Å². The Morgan fingerprint density at radius 3 is 2.15 bits per heavy atom. The number of amides is 2. The van der Waals surface area contributed by atoms with E-state index in [2.05, 4.69) is 5.32 Å². The van der Waals surface area contributed by atoms with Crippen molar-refractivity contribution in [2.24, 2.45) is 0 Å². The van der Waals surface area contributed by atoms with Crippen LogP contribution < -0.4 is 5.32 Å². The first-order valence-electron chi connectivity index (χ1n) is 9.60. The molecule has 2 amide bonds. The highest BCUT2D eigenvalue weighted by Crippen LogP contribution is 2.15. The lowest BCUT2D eigenvalue weighted by Gasteiger charge is -2.31. The number of carbonyl (C=O) groups is 2. The second-order valence-electron chi connectivity index (χ2n) is 7.26. The predicted molar refractivity (Wildman–Crippen MR) is 109 cm³/mol. The lowest BCUT2D eigenvalue weighted by atomic mass is 10.1. The topological polar surface area (TPSA) is 49.4 Å². The maximum absolute atomic E-state index is 13.1. The molecule has 4 heteroatoms. The molecule has 0 aliphatic carbocycles. The van der Waals surface area contributed by atoms with Gasteiger partial charge >= 0.3 is 0 Å². The van der Waals surface area contributed by atoms with Gasteiger partial charge in [0.1, 0.15) is 6.04 Å². The lowest BCUT2D eigenvalue weighted by Crippen LogP contribution is -2.50. The van der Waals surface area contributed by atoms with Gasteiger partial charge in [-0.05, 0) is 38.3 Å². The van der Waals surface area contributed by atoms with E-state index in [0.717, 1.165) is 11.1 Å². The molecule has 1 N–H and O–H groups in total. The van der Waals surface area contributed by atoms with Gasteiger partial charge in [0.15, 0.2) is 0 Å². The third-order valence-corrected chi connectivity index (χ3v) is 4.49. The molecule has 0 aliphatic rings. The molecule has 0 aromatic heterocycles. The van der Waals surface area contributed by atoms with Crippen LogP contribution in [0.4, 0.5) is 0 Å². The third kappa shape index (κ3) is 6.24. The molecule has 0 aliphatic heterocycles. The standard InChI is InChI=1S/C23H30N2O2/c1-5-21(23(27)24-17(2)3)25(16-20-13-11-18(4)12-14-20)22(26)15-19-9-7-6-8-10-19/h6-14,17,21H,5,15-16H2,1-4H3,(H,24,27)/t21-/m1/s1. The molecule has 1 atom stereocenters. The molecule has 4 nitrogen and oxygen atoms in total. The van der Waals surface area contributed by atoms with Crippen molar-refractivity contribution in [2.45, 2.75) is 59.2 Å². The summed E-state index contributed by atoms with van der Waals surface area (Å²) in [5.41, 5.74) is 3.15. The van der Waals surface area contributed by atoms with E-state index in [0.29, 0.717) is 13.0 Å². The number of benzene rings is 2. The van der Waals surface area contributed by atoms with Gasteiger partial charge in [-0.25, -0.2) is 0 Å². The number of nitrogens with zero attached hydrogens (tertiary/aromatic N) is 1. The van der Waals surface area contributed by atoms with Gasteiger partial charge in [-0.2, -0.15) is 0 Å². The van der Waals surface area contributed by atoms with Gasteiger partial charge in [0.05, 0.1) is 6.42 Å². The summed E-state index contributed by atoms with van der Waals surface area (Å²) in [5.74, 6) is -0.131. The molecule has 0 fully saturated rings. The smallest absolute Gasteiger partial charge is 0.243 e. The molecule has 0 saturated carbocycles. The lowest BCUT2D eigenvalue weighted by molar-refractivity contribution is -0.141. The molecular weight excluding hydrogens is 336 g/mol. The summed E-state index contributed by atoms with van der Waals surface area (Å²) in [6.45, 7) is 8.27. The molecular formula is C23H30N2O2. The van der Waals surface area contributed by atoms with Gasteiger partial charge in [-0.3, -0.25) is 9.59 Å². The molecule has 2 rings (SSSR count). The predicted octanol–water partition coefficient (Wildman–Crippen LogP) is 3.87. The Morgan fingerprint density at radius 2 is 1.59 bits per heavy atom. The highest BCUT2D eigenvalue weighted by molar-refractivity contribution is 5.88. The maximum Gasteiger partial charge on any atom is 0.243 e. The summed E-state index contributed by atoms with van der Waals surface area (Å²) in [6.07, 6.45) is 0.864. The summed E-state index contributed by atoms with van der Waals surface area (Å²) < 4.78 is 0. The minimum Gasteiger partial charge on any atom is -0.352 e. The van der Waals surface area contributed by atoms with Crippen molar-refractivity contribution < 1.29 is 9.59 Å². The number of hydrogen-bond acceptors (Lipinski definition) is 2. The van der Waals surface area contributed by atoms with Gasteiger partial charge in [0.25, 0.3) is 0 Å². The fraction of sp³-hybridized carbons (Fsp3) is 0.391. The van der Waals surface area contributed by atoms with Crippen LogP contribution in [0.15, 0.2) is 54.6 Å². The van der Waals surface area contributed by atoms with Crippen molar-refractivity contribution in [1.29, 1.82) is 0 Å². The Kier molecular flexibility index (Phi) is 7.59. The molecule has 144 valence electrons. The van der Waals surface area contributed by atoms with Crippen molar-refractivity contribution in [3.05, 3.63) is 71.3 Å². The molecule has 0 bridgehead atoms. The highest BCUT2D eigenvalue weighted by Gasteiger charge is 2.28. The van der Waals surface area contributed by atoms with Crippen molar-refractivity contribution in [3.8, 4) is 0 Å². The third-order valence-electron chi connectivity index (χ3n) is 4.49. The minimum atomic E-state index is -0.482. The Bertz CT molecular complexity index is 739. The molecule has 2 aromatic rings.